The smallest absolute Gasteiger partial charge is 0.198 e. The summed E-state index contributed by atoms with van der Waals surface area (Å²) in [6.45, 7) is 2.41. The number of rotatable bonds is 4. The zero-order valence-corrected chi connectivity index (χ0v) is 18.4. The van der Waals surface area contributed by atoms with Crippen LogP contribution in [-0.2, 0) is 28.3 Å². The summed E-state index contributed by atoms with van der Waals surface area (Å²) in [6.07, 6.45) is 1.23. The molecule has 162 valence electrons. The summed E-state index contributed by atoms with van der Waals surface area (Å²) < 4.78 is 31.3. The number of hydrogen-bond acceptors (Lipinski definition) is 5. The Labute approximate surface area is 185 Å². The summed E-state index contributed by atoms with van der Waals surface area (Å²) >= 11 is 1.69. The predicted molar refractivity (Wildman–Crippen MR) is 118 cm³/mol. The van der Waals surface area contributed by atoms with E-state index in [1.807, 2.05) is 13.0 Å². The van der Waals surface area contributed by atoms with Gasteiger partial charge in [-0.25, -0.2) is 4.39 Å². The predicted octanol–water partition coefficient (Wildman–Crippen LogP) is 5.40. The van der Waals surface area contributed by atoms with E-state index in [1.165, 1.54) is 17.0 Å². The van der Waals surface area contributed by atoms with Gasteiger partial charge in [-0.2, -0.15) is 0 Å². The van der Waals surface area contributed by atoms with Crippen LogP contribution in [-0.4, -0.2) is 24.4 Å². The molecule has 1 fully saturated rings. The van der Waals surface area contributed by atoms with Crippen LogP contribution in [0.5, 0.6) is 5.75 Å². The molecule has 3 atom stereocenters. The van der Waals surface area contributed by atoms with Gasteiger partial charge >= 0.3 is 0 Å². The van der Waals surface area contributed by atoms with E-state index in [-0.39, 0.29) is 11.9 Å². The first-order valence-corrected chi connectivity index (χ1v) is 11.3. The van der Waals surface area contributed by atoms with E-state index >= 15 is 0 Å². The molecule has 4 nitrogen and oxygen atoms in total. The molecule has 3 heterocycles. The lowest BCUT2D eigenvalue weighted by Gasteiger charge is -2.39. The van der Waals surface area contributed by atoms with E-state index in [9.17, 15) is 9.50 Å². The Morgan fingerprint density at radius 3 is 2.74 bits per heavy atom. The summed E-state index contributed by atoms with van der Waals surface area (Å²) in [5, 5.41) is 10.4. The van der Waals surface area contributed by atoms with Gasteiger partial charge in [-0.05, 0) is 66.4 Å². The highest BCUT2D eigenvalue weighted by Crippen LogP contribution is 2.47. The first-order chi connectivity index (χ1) is 15.0. The lowest BCUT2D eigenvalue weighted by molar-refractivity contribution is -0.295. The molecule has 0 amide bonds. The van der Waals surface area contributed by atoms with Crippen molar-refractivity contribution in [1.82, 2.24) is 0 Å². The van der Waals surface area contributed by atoms with Gasteiger partial charge in [0.15, 0.2) is 5.79 Å². The van der Waals surface area contributed by atoms with E-state index in [4.69, 9.17) is 14.2 Å². The number of aliphatic hydroxyl groups is 1. The van der Waals surface area contributed by atoms with Gasteiger partial charge in [0.2, 0.25) is 0 Å². The van der Waals surface area contributed by atoms with Gasteiger partial charge in [-0.15, -0.1) is 11.3 Å². The number of thiophene rings is 1. The molecule has 6 heteroatoms. The van der Waals surface area contributed by atoms with E-state index < -0.39 is 11.9 Å². The third-order valence-electron chi connectivity index (χ3n) is 6.03. The normalized spacial score (nSPS) is 25.0. The fourth-order valence-electron chi connectivity index (χ4n) is 4.64. The Balaban J connectivity index is 1.46. The van der Waals surface area contributed by atoms with Crippen LogP contribution in [0.15, 0.2) is 48.5 Å². The molecule has 0 bridgehead atoms. The Morgan fingerprint density at radius 2 is 2.00 bits per heavy atom. The van der Waals surface area contributed by atoms with Crippen molar-refractivity contribution in [3.05, 3.63) is 75.9 Å². The van der Waals surface area contributed by atoms with Crippen molar-refractivity contribution >= 4 is 11.3 Å². The fourth-order valence-corrected chi connectivity index (χ4v) is 5.67. The highest BCUT2D eigenvalue weighted by molar-refractivity contribution is 7.15. The average molecular weight is 441 g/mol. The van der Waals surface area contributed by atoms with Gasteiger partial charge in [-0.1, -0.05) is 12.1 Å². The van der Waals surface area contributed by atoms with Gasteiger partial charge in [0.25, 0.3) is 0 Å². The largest absolute Gasteiger partial charge is 0.496 e. The number of methoxy groups -OCH3 is 1. The summed E-state index contributed by atoms with van der Waals surface area (Å²) in [6, 6.07) is 14.9. The molecule has 2 aliphatic rings. The van der Waals surface area contributed by atoms with Crippen molar-refractivity contribution in [3.63, 3.8) is 0 Å². The van der Waals surface area contributed by atoms with Crippen LogP contribution in [0.4, 0.5) is 4.39 Å². The summed E-state index contributed by atoms with van der Waals surface area (Å²) in [7, 11) is 1.68. The molecule has 2 aliphatic heterocycles. The number of hydrogen-bond donors (Lipinski definition) is 1. The van der Waals surface area contributed by atoms with Gasteiger partial charge in [0.05, 0.1) is 25.9 Å². The topological polar surface area (TPSA) is 47.9 Å². The van der Waals surface area contributed by atoms with Gasteiger partial charge in [-0.3, -0.25) is 0 Å². The Bertz CT molecular complexity index is 1080. The molecule has 0 radical (unpaired) electrons. The molecule has 2 aromatic carbocycles. The molecule has 1 N–H and O–H groups in total. The van der Waals surface area contributed by atoms with Crippen LogP contribution in [0.2, 0.25) is 0 Å². The van der Waals surface area contributed by atoms with Crippen LogP contribution >= 0.6 is 11.3 Å². The van der Waals surface area contributed by atoms with Crippen molar-refractivity contribution in [2.75, 3.05) is 7.11 Å². The minimum absolute atomic E-state index is 0.0733. The number of halogens is 1. The van der Waals surface area contributed by atoms with Crippen LogP contribution in [0.3, 0.4) is 0 Å². The molecule has 1 aromatic heterocycles. The number of fused-ring (bicyclic) bond motifs is 2. The maximum atomic E-state index is 13.2. The fraction of sp³-hybridized carbons (Fsp3) is 0.360. The van der Waals surface area contributed by atoms with Crippen LogP contribution in [0, 0.1) is 5.82 Å². The van der Waals surface area contributed by atoms with E-state index in [0.29, 0.717) is 25.9 Å². The third kappa shape index (κ3) is 3.89. The van der Waals surface area contributed by atoms with Crippen molar-refractivity contribution in [2.24, 2.45) is 0 Å². The van der Waals surface area contributed by atoms with E-state index in [1.54, 1.807) is 30.6 Å². The first kappa shape index (κ1) is 20.6. The lowest BCUT2D eigenvalue weighted by Crippen LogP contribution is -2.43. The lowest BCUT2D eigenvalue weighted by atomic mass is 9.90. The number of ether oxygens (including phenoxy) is 3. The summed E-state index contributed by atoms with van der Waals surface area (Å²) in [5.74, 6) is -0.299. The summed E-state index contributed by atoms with van der Waals surface area (Å²) in [5.41, 5.74) is 4.09. The van der Waals surface area contributed by atoms with Crippen molar-refractivity contribution in [2.45, 2.75) is 50.8 Å². The Hall–Kier alpha value is -2.25. The Morgan fingerprint density at radius 1 is 1.19 bits per heavy atom. The van der Waals surface area contributed by atoms with Crippen LogP contribution < -0.4 is 4.74 Å². The molecule has 31 heavy (non-hydrogen) atoms. The standard InChI is InChI=1S/C25H25FO4S/c1-15-9-20(27)13-25(30-15)22-11-17(23(28-2)12-18(22)14-29-25)10-21-7-8-24(31-21)16-3-5-19(26)6-4-16/h3-8,11-12,15,20,27H,9-10,13-14H2,1-2H3/t15-,20+,25-/m1/s1. The highest BCUT2D eigenvalue weighted by Gasteiger charge is 2.47. The molecule has 1 saturated heterocycles. The van der Waals surface area contributed by atoms with Gasteiger partial charge in [0, 0.05) is 28.2 Å². The van der Waals surface area contributed by atoms with E-state index in [2.05, 4.69) is 18.2 Å². The zero-order valence-electron chi connectivity index (χ0n) is 17.6. The van der Waals surface area contributed by atoms with Crippen LogP contribution in [0.1, 0.15) is 41.3 Å². The SMILES string of the molecule is COc1cc2c(cc1Cc1ccc(-c3ccc(F)cc3)s1)[C@]1(C[C@@H](O)C[C@@H](C)O1)OC2. The minimum Gasteiger partial charge on any atom is -0.496 e. The molecule has 3 aromatic rings. The van der Waals surface area contributed by atoms with Gasteiger partial charge < -0.3 is 19.3 Å². The second-order valence-electron chi connectivity index (χ2n) is 8.33. The van der Waals surface area contributed by atoms with E-state index in [0.717, 1.165) is 32.9 Å². The zero-order chi connectivity index (χ0) is 21.6. The Kier molecular flexibility index (Phi) is 5.34. The molecule has 5 rings (SSSR count). The number of benzene rings is 2. The van der Waals surface area contributed by atoms with Crippen molar-refractivity contribution < 1.29 is 23.7 Å². The van der Waals surface area contributed by atoms with Crippen molar-refractivity contribution in [1.29, 1.82) is 0 Å². The van der Waals surface area contributed by atoms with Gasteiger partial charge in [0.1, 0.15) is 11.6 Å². The molecule has 0 saturated carbocycles. The minimum atomic E-state index is -0.887. The monoisotopic (exact) mass is 440 g/mol. The van der Waals surface area contributed by atoms with Crippen LogP contribution in [0.25, 0.3) is 10.4 Å². The highest BCUT2D eigenvalue weighted by atomic mass is 32.1. The molecule has 0 aliphatic carbocycles. The second-order valence-corrected chi connectivity index (χ2v) is 9.50. The van der Waals surface area contributed by atoms with Crippen molar-refractivity contribution in [3.8, 4) is 16.2 Å². The second kappa shape index (κ2) is 8.02. The quantitative estimate of drug-likeness (QED) is 0.590. The molecule has 0 unspecified atom stereocenters. The maximum Gasteiger partial charge on any atom is 0.198 e. The molecular weight excluding hydrogens is 415 g/mol. The maximum absolute atomic E-state index is 13.2. The molecule has 1 spiro atoms. The summed E-state index contributed by atoms with van der Waals surface area (Å²) in [4.78, 5) is 2.28. The number of aliphatic hydroxyl groups excluding tert-OH is 1. The molecular formula is C25H25FO4S. The third-order valence-corrected chi connectivity index (χ3v) is 7.17. The first-order valence-electron chi connectivity index (χ1n) is 10.5. The average Bonchev–Trinajstić information content (AvgIpc) is 3.33.